The Morgan fingerprint density at radius 3 is 2.50 bits per heavy atom. The average Bonchev–Trinajstić information content (AvgIpc) is 2.63. The van der Waals surface area contributed by atoms with Gasteiger partial charge in [-0.2, -0.15) is 0 Å². The largest absolute Gasteiger partial charge is 0.357 e. The van der Waals surface area contributed by atoms with Crippen LogP contribution in [0.25, 0.3) is 0 Å². The van der Waals surface area contributed by atoms with Crippen LogP contribution in [0, 0.1) is 5.92 Å². The van der Waals surface area contributed by atoms with Crippen LogP contribution in [0.3, 0.4) is 0 Å². The van der Waals surface area contributed by atoms with Gasteiger partial charge in [0.05, 0.1) is 5.75 Å². The number of hydrogen-bond donors (Lipinski definition) is 1. The van der Waals surface area contributed by atoms with E-state index >= 15 is 0 Å². The van der Waals surface area contributed by atoms with E-state index in [0.717, 1.165) is 11.4 Å². The monoisotopic (exact) mass is 291 g/mol. The number of sulfone groups is 1. The van der Waals surface area contributed by atoms with Crippen molar-refractivity contribution < 1.29 is 8.42 Å². The van der Waals surface area contributed by atoms with E-state index in [9.17, 15) is 8.42 Å². The van der Waals surface area contributed by atoms with Crippen LogP contribution < -0.4 is 5.32 Å². The molecule has 0 fully saturated rings. The molecule has 1 atom stereocenters. The molecule has 0 saturated heterocycles. The van der Waals surface area contributed by atoms with Gasteiger partial charge in [0.15, 0.2) is 9.84 Å². The topological polar surface area (TPSA) is 72.0 Å². The van der Waals surface area contributed by atoms with Gasteiger partial charge >= 0.3 is 0 Å². The highest BCUT2D eigenvalue weighted by Gasteiger charge is 2.15. The Morgan fingerprint density at radius 2 is 1.94 bits per heavy atom. The molecule has 1 rings (SSSR count). The van der Waals surface area contributed by atoms with Crippen molar-refractivity contribution in [2.75, 3.05) is 16.8 Å². The number of rotatable bonds is 7. The molecule has 1 N–H and O–H groups in total. The second kappa shape index (κ2) is 6.47. The Balaban J connectivity index is 2.54. The first kappa shape index (κ1) is 15.4. The number of nitrogens with one attached hydrogen (secondary N) is 1. The van der Waals surface area contributed by atoms with Crippen LogP contribution >= 0.6 is 11.3 Å². The van der Waals surface area contributed by atoms with Gasteiger partial charge < -0.3 is 5.32 Å². The fourth-order valence-electron chi connectivity index (χ4n) is 1.49. The Labute approximate surface area is 113 Å². The maximum absolute atomic E-state index is 11.5. The zero-order valence-corrected chi connectivity index (χ0v) is 12.9. The molecule has 7 heteroatoms. The van der Waals surface area contributed by atoms with Gasteiger partial charge in [0, 0.05) is 18.2 Å². The van der Waals surface area contributed by atoms with Crippen molar-refractivity contribution in [2.24, 2.45) is 5.92 Å². The predicted molar refractivity (Wildman–Crippen MR) is 75.9 cm³/mol. The van der Waals surface area contributed by atoms with E-state index in [4.69, 9.17) is 0 Å². The molecule has 5 nitrogen and oxygen atoms in total. The summed E-state index contributed by atoms with van der Waals surface area (Å²) in [5.41, 5.74) is 0. The molecule has 0 aliphatic heterocycles. The molecule has 18 heavy (non-hydrogen) atoms. The van der Waals surface area contributed by atoms with Crippen molar-refractivity contribution in [3.8, 4) is 0 Å². The summed E-state index contributed by atoms with van der Waals surface area (Å²) in [6, 6.07) is -0.144. The molecule has 0 bridgehead atoms. The van der Waals surface area contributed by atoms with Gasteiger partial charge in [0.2, 0.25) is 5.13 Å². The molecule has 0 amide bonds. The molecule has 1 unspecified atom stereocenters. The van der Waals surface area contributed by atoms with Crippen LogP contribution in [0.1, 0.15) is 32.7 Å². The maximum Gasteiger partial charge on any atom is 0.205 e. The van der Waals surface area contributed by atoms with E-state index < -0.39 is 9.84 Å². The molecule has 1 aromatic rings. The summed E-state index contributed by atoms with van der Waals surface area (Å²) in [5.74, 6) is 0.847. The van der Waals surface area contributed by atoms with Crippen molar-refractivity contribution in [1.82, 2.24) is 10.2 Å². The minimum Gasteiger partial charge on any atom is -0.357 e. The van der Waals surface area contributed by atoms with Crippen LogP contribution in [0.2, 0.25) is 0 Å². The van der Waals surface area contributed by atoms with Crippen molar-refractivity contribution in [2.45, 2.75) is 40.2 Å². The van der Waals surface area contributed by atoms with Crippen LogP contribution in [0.4, 0.5) is 5.13 Å². The number of hydrogen-bond acceptors (Lipinski definition) is 6. The van der Waals surface area contributed by atoms with Gasteiger partial charge in [-0.3, -0.25) is 0 Å². The number of anilines is 1. The molecular weight excluding hydrogens is 270 g/mol. The van der Waals surface area contributed by atoms with Gasteiger partial charge in [-0.05, 0) is 12.8 Å². The SMILES string of the molecule is CCS(=O)(=O)CC(C)Nc1nnc(CC(C)C)s1. The lowest BCUT2D eigenvalue weighted by Crippen LogP contribution is -2.26. The molecule has 0 radical (unpaired) electrons. The third-order valence-corrected chi connectivity index (χ3v) is 5.13. The lowest BCUT2D eigenvalue weighted by Gasteiger charge is -2.11. The summed E-state index contributed by atoms with van der Waals surface area (Å²) in [4.78, 5) is 0. The molecule has 0 spiro atoms. The van der Waals surface area contributed by atoms with E-state index in [2.05, 4.69) is 29.4 Å². The van der Waals surface area contributed by atoms with E-state index in [1.54, 1.807) is 6.92 Å². The van der Waals surface area contributed by atoms with Crippen molar-refractivity contribution in [1.29, 1.82) is 0 Å². The lowest BCUT2D eigenvalue weighted by molar-refractivity contribution is 0.593. The lowest BCUT2D eigenvalue weighted by atomic mass is 10.1. The van der Waals surface area contributed by atoms with Crippen LogP contribution in [0.5, 0.6) is 0 Å². The maximum atomic E-state index is 11.5. The normalized spacial score (nSPS) is 13.8. The minimum atomic E-state index is -2.96. The first-order valence-corrected chi connectivity index (χ1v) is 8.75. The molecule has 0 aromatic carbocycles. The van der Waals surface area contributed by atoms with Gasteiger partial charge in [-0.15, -0.1) is 10.2 Å². The number of aromatic nitrogens is 2. The second-order valence-corrected chi connectivity index (χ2v) is 8.30. The standard InChI is InChI=1S/C11H21N3O2S2/c1-5-18(15,16)7-9(4)12-11-14-13-10(17-11)6-8(2)3/h8-9H,5-7H2,1-4H3,(H,12,14). The van der Waals surface area contributed by atoms with Crippen molar-refractivity contribution in [3.05, 3.63) is 5.01 Å². The Hall–Kier alpha value is -0.690. The van der Waals surface area contributed by atoms with E-state index in [-0.39, 0.29) is 17.5 Å². The fraction of sp³-hybridized carbons (Fsp3) is 0.818. The molecule has 104 valence electrons. The summed E-state index contributed by atoms with van der Waals surface area (Å²) in [5, 5.41) is 12.9. The molecule has 0 aliphatic carbocycles. The summed E-state index contributed by atoms with van der Waals surface area (Å²) < 4.78 is 23.0. The summed E-state index contributed by atoms with van der Waals surface area (Å²) in [6.45, 7) is 7.76. The Morgan fingerprint density at radius 1 is 1.28 bits per heavy atom. The van der Waals surface area contributed by atoms with Crippen LogP contribution in [-0.2, 0) is 16.3 Å². The zero-order chi connectivity index (χ0) is 13.8. The molecular formula is C11H21N3O2S2. The minimum absolute atomic E-state index is 0.128. The number of nitrogens with zero attached hydrogens (tertiary/aromatic N) is 2. The predicted octanol–water partition coefficient (Wildman–Crippen LogP) is 1.97. The first-order chi connectivity index (χ1) is 8.32. The highest BCUT2D eigenvalue weighted by atomic mass is 32.2. The third kappa shape index (κ3) is 5.30. The third-order valence-electron chi connectivity index (χ3n) is 2.36. The summed E-state index contributed by atoms with van der Waals surface area (Å²) in [6.07, 6.45) is 0.904. The quantitative estimate of drug-likeness (QED) is 0.831. The van der Waals surface area contributed by atoms with Crippen LogP contribution in [-0.4, -0.2) is 36.2 Å². The average molecular weight is 291 g/mol. The highest BCUT2D eigenvalue weighted by molar-refractivity contribution is 7.91. The molecule has 1 aromatic heterocycles. The summed E-state index contributed by atoms with van der Waals surface area (Å²) in [7, 11) is -2.96. The molecule has 0 aliphatic rings. The summed E-state index contributed by atoms with van der Waals surface area (Å²) >= 11 is 1.49. The van der Waals surface area contributed by atoms with Gasteiger partial charge in [0.1, 0.15) is 5.01 Å². The fourth-order valence-corrected chi connectivity index (χ4v) is 3.64. The van der Waals surface area contributed by atoms with E-state index in [1.807, 2.05) is 6.92 Å². The molecule has 0 saturated carbocycles. The Kier molecular flexibility index (Phi) is 5.52. The molecule has 1 heterocycles. The highest BCUT2D eigenvalue weighted by Crippen LogP contribution is 2.19. The van der Waals surface area contributed by atoms with Crippen molar-refractivity contribution in [3.63, 3.8) is 0 Å². The smallest absolute Gasteiger partial charge is 0.205 e. The zero-order valence-electron chi connectivity index (χ0n) is 11.3. The van der Waals surface area contributed by atoms with Crippen molar-refractivity contribution >= 4 is 26.3 Å². The first-order valence-electron chi connectivity index (χ1n) is 6.11. The van der Waals surface area contributed by atoms with Gasteiger partial charge in [-0.1, -0.05) is 32.1 Å². The van der Waals surface area contributed by atoms with E-state index in [0.29, 0.717) is 11.0 Å². The van der Waals surface area contributed by atoms with E-state index in [1.165, 1.54) is 11.3 Å². The van der Waals surface area contributed by atoms with Gasteiger partial charge in [-0.25, -0.2) is 8.42 Å². The second-order valence-electron chi connectivity index (χ2n) is 4.84. The Bertz CT molecular complexity index is 468. The van der Waals surface area contributed by atoms with Crippen LogP contribution in [0.15, 0.2) is 0 Å². The van der Waals surface area contributed by atoms with Gasteiger partial charge in [0.25, 0.3) is 0 Å².